The minimum absolute atomic E-state index is 0.219. The number of rotatable bonds is 10. The van der Waals surface area contributed by atoms with Crippen LogP contribution in [-0.4, -0.2) is 67.4 Å². The lowest BCUT2D eigenvalue weighted by molar-refractivity contribution is -0.00585. The SMILES string of the molecule is C=CCN(C)CCCCCOC1CCC(N(C)C(=O)OC(C)(C)C)CC1. The van der Waals surface area contributed by atoms with Crippen molar-refractivity contribution in [2.75, 3.05) is 33.8 Å². The molecular weight excluding hydrogens is 328 g/mol. The summed E-state index contributed by atoms with van der Waals surface area (Å²) in [7, 11) is 3.98. The fraction of sp³-hybridized carbons (Fsp3) is 0.857. The van der Waals surface area contributed by atoms with Crippen LogP contribution in [0.15, 0.2) is 12.7 Å². The third-order valence-corrected chi connectivity index (χ3v) is 4.85. The smallest absolute Gasteiger partial charge is 0.410 e. The van der Waals surface area contributed by atoms with Gasteiger partial charge in [-0.15, -0.1) is 6.58 Å². The van der Waals surface area contributed by atoms with Gasteiger partial charge in [0.15, 0.2) is 0 Å². The lowest BCUT2D eigenvalue weighted by atomic mass is 9.92. The molecule has 1 aliphatic carbocycles. The molecule has 1 rings (SSSR count). The molecule has 26 heavy (non-hydrogen) atoms. The van der Waals surface area contributed by atoms with Crippen molar-refractivity contribution in [3.63, 3.8) is 0 Å². The van der Waals surface area contributed by atoms with Gasteiger partial charge in [0.05, 0.1) is 6.10 Å². The highest BCUT2D eigenvalue weighted by Gasteiger charge is 2.29. The molecule has 152 valence electrons. The van der Waals surface area contributed by atoms with Crippen molar-refractivity contribution < 1.29 is 14.3 Å². The van der Waals surface area contributed by atoms with Gasteiger partial charge in [0.2, 0.25) is 0 Å². The molecule has 0 aromatic rings. The number of hydrogen-bond donors (Lipinski definition) is 0. The van der Waals surface area contributed by atoms with E-state index in [9.17, 15) is 4.79 Å². The Morgan fingerprint density at radius 1 is 1.12 bits per heavy atom. The molecule has 1 saturated carbocycles. The van der Waals surface area contributed by atoms with Gasteiger partial charge >= 0.3 is 6.09 Å². The van der Waals surface area contributed by atoms with E-state index < -0.39 is 5.60 Å². The molecule has 0 radical (unpaired) electrons. The molecule has 0 heterocycles. The molecule has 1 aliphatic rings. The first-order valence-electron chi connectivity index (χ1n) is 10.1. The Labute approximate surface area is 160 Å². The minimum Gasteiger partial charge on any atom is -0.444 e. The normalized spacial score (nSPS) is 20.8. The van der Waals surface area contributed by atoms with Gasteiger partial charge in [0.25, 0.3) is 0 Å². The van der Waals surface area contributed by atoms with Crippen molar-refractivity contribution in [1.82, 2.24) is 9.80 Å². The number of amides is 1. The van der Waals surface area contributed by atoms with Crippen LogP contribution in [0.5, 0.6) is 0 Å². The number of likely N-dealkylation sites (N-methyl/N-ethyl adjacent to an activating group) is 1. The van der Waals surface area contributed by atoms with E-state index in [0.29, 0.717) is 6.10 Å². The molecule has 1 fully saturated rings. The van der Waals surface area contributed by atoms with Crippen molar-refractivity contribution in [2.24, 2.45) is 0 Å². The monoisotopic (exact) mass is 368 g/mol. The van der Waals surface area contributed by atoms with Crippen LogP contribution >= 0.6 is 0 Å². The zero-order valence-corrected chi connectivity index (χ0v) is 17.6. The Bertz CT molecular complexity index is 412. The number of nitrogens with zero attached hydrogens (tertiary/aromatic N) is 2. The van der Waals surface area contributed by atoms with E-state index in [4.69, 9.17) is 9.47 Å². The van der Waals surface area contributed by atoms with Crippen molar-refractivity contribution in [2.45, 2.75) is 83.5 Å². The molecule has 1 amide bonds. The number of hydrogen-bond acceptors (Lipinski definition) is 4. The second-order valence-corrected chi connectivity index (χ2v) is 8.50. The van der Waals surface area contributed by atoms with Gasteiger partial charge in [-0.2, -0.15) is 0 Å². The van der Waals surface area contributed by atoms with E-state index >= 15 is 0 Å². The predicted octanol–water partition coefficient (Wildman–Crippen LogP) is 4.47. The number of carbonyl (C=O) groups is 1. The van der Waals surface area contributed by atoms with Crippen LogP contribution in [0.4, 0.5) is 4.79 Å². The Morgan fingerprint density at radius 2 is 1.77 bits per heavy atom. The summed E-state index contributed by atoms with van der Waals surface area (Å²) in [6, 6.07) is 0.269. The molecule has 0 unspecified atom stereocenters. The van der Waals surface area contributed by atoms with E-state index in [1.165, 1.54) is 12.8 Å². The maximum absolute atomic E-state index is 12.2. The van der Waals surface area contributed by atoms with Gasteiger partial charge in [-0.1, -0.05) is 6.08 Å². The molecule has 0 atom stereocenters. The Balaban J connectivity index is 2.12. The third kappa shape index (κ3) is 9.58. The van der Waals surface area contributed by atoms with Gasteiger partial charge in [-0.3, -0.25) is 0 Å². The summed E-state index contributed by atoms with van der Waals surface area (Å²) >= 11 is 0. The fourth-order valence-corrected chi connectivity index (χ4v) is 3.30. The Hall–Kier alpha value is -1.07. The standard InChI is InChI=1S/C21H40N2O3/c1-7-15-22(5)16-9-8-10-17-25-19-13-11-18(12-14-19)23(6)20(24)26-21(2,3)4/h7,18-19H,1,8-17H2,2-6H3. The summed E-state index contributed by atoms with van der Waals surface area (Å²) in [6.45, 7) is 12.4. The van der Waals surface area contributed by atoms with Crippen LogP contribution in [-0.2, 0) is 9.47 Å². The third-order valence-electron chi connectivity index (χ3n) is 4.85. The minimum atomic E-state index is -0.438. The van der Waals surface area contributed by atoms with Crippen LogP contribution in [0.2, 0.25) is 0 Å². The zero-order valence-electron chi connectivity index (χ0n) is 17.6. The second kappa shape index (κ2) is 11.6. The summed E-state index contributed by atoms with van der Waals surface area (Å²) < 4.78 is 11.5. The highest BCUT2D eigenvalue weighted by atomic mass is 16.6. The summed E-state index contributed by atoms with van der Waals surface area (Å²) in [5.41, 5.74) is -0.438. The van der Waals surface area contributed by atoms with Crippen molar-refractivity contribution >= 4 is 6.09 Å². The van der Waals surface area contributed by atoms with Crippen LogP contribution in [0.1, 0.15) is 65.7 Å². The highest BCUT2D eigenvalue weighted by molar-refractivity contribution is 5.68. The molecular formula is C21H40N2O3. The summed E-state index contributed by atoms with van der Waals surface area (Å²) in [6.07, 6.45) is 9.66. The van der Waals surface area contributed by atoms with Gasteiger partial charge in [0.1, 0.15) is 5.60 Å². The van der Waals surface area contributed by atoms with Crippen LogP contribution in [0, 0.1) is 0 Å². The maximum Gasteiger partial charge on any atom is 0.410 e. The van der Waals surface area contributed by atoms with E-state index in [2.05, 4.69) is 18.5 Å². The average molecular weight is 369 g/mol. The fourth-order valence-electron chi connectivity index (χ4n) is 3.30. The topological polar surface area (TPSA) is 42.0 Å². The lowest BCUT2D eigenvalue weighted by Gasteiger charge is -2.35. The predicted molar refractivity (Wildman–Crippen MR) is 108 cm³/mol. The Kier molecular flexibility index (Phi) is 10.3. The zero-order chi connectivity index (χ0) is 19.6. The van der Waals surface area contributed by atoms with Gasteiger partial charge < -0.3 is 19.3 Å². The number of ether oxygens (including phenoxy) is 2. The van der Waals surface area contributed by atoms with Crippen molar-refractivity contribution in [1.29, 1.82) is 0 Å². The van der Waals surface area contributed by atoms with Gasteiger partial charge in [-0.05, 0) is 79.3 Å². The van der Waals surface area contributed by atoms with E-state index in [0.717, 1.165) is 51.8 Å². The molecule has 5 nitrogen and oxygen atoms in total. The Morgan fingerprint density at radius 3 is 2.35 bits per heavy atom. The first-order chi connectivity index (χ1) is 12.2. The summed E-state index contributed by atoms with van der Waals surface area (Å²) in [5.74, 6) is 0. The molecule has 0 aromatic carbocycles. The molecule has 0 aromatic heterocycles. The number of unbranched alkanes of at least 4 members (excludes halogenated alkanes) is 2. The van der Waals surface area contributed by atoms with Gasteiger partial charge in [0, 0.05) is 26.2 Å². The first-order valence-corrected chi connectivity index (χ1v) is 10.1. The lowest BCUT2D eigenvalue weighted by Crippen LogP contribution is -2.43. The maximum atomic E-state index is 12.2. The van der Waals surface area contributed by atoms with Crippen LogP contribution < -0.4 is 0 Å². The van der Waals surface area contributed by atoms with Crippen LogP contribution in [0.3, 0.4) is 0 Å². The van der Waals surface area contributed by atoms with E-state index in [1.807, 2.05) is 33.9 Å². The van der Waals surface area contributed by atoms with Crippen molar-refractivity contribution in [3.05, 3.63) is 12.7 Å². The molecule has 0 N–H and O–H groups in total. The summed E-state index contributed by atoms with van der Waals surface area (Å²) in [4.78, 5) is 16.2. The van der Waals surface area contributed by atoms with Crippen LogP contribution in [0.25, 0.3) is 0 Å². The second-order valence-electron chi connectivity index (χ2n) is 8.50. The largest absolute Gasteiger partial charge is 0.444 e. The van der Waals surface area contributed by atoms with E-state index in [1.54, 1.807) is 4.90 Å². The molecule has 0 bridgehead atoms. The molecule has 5 heteroatoms. The summed E-state index contributed by atoms with van der Waals surface area (Å²) in [5, 5.41) is 0. The first kappa shape index (κ1) is 23.0. The quantitative estimate of drug-likeness (QED) is 0.421. The van der Waals surface area contributed by atoms with Gasteiger partial charge in [-0.25, -0.2) is 4.79 Å². The molecule has 0 spiro atoms. The average Bonchev–Trinajstić information content (AvgIpc) is 2.56. The molecule has 0 saturated heterocycles. The highest BCUT2D eigenvalue weighted by Crippen LogP contribution is 2.25. The molecule has 0 aliphatic heterocycles. The van der Waals surface area contributed by atoms with E-state index in [-0.39, 0.29) is 12.1 Å². The van der Waals surface area contributed by atoms with Crippen molar-refractivity contribution in [3.8, 4) is 0 Å². The number of carbonyl (C=O) groups excluding carboxylic acids is 1.